The third-order valence-corrected chi connectivity index (χ3v) is 5.64. The standard InChI is InChI=1S/C22H20Br2N2O5/c1-28-18-8-13(9-19(29-2)22(18)30-3)11-25-26-20(27)12-31-17-7-4-14-10-15(23)5-6-16(14)21(17)24/h4-11H,12H2,1-3H3,(H,26,27)/b25-11+. The van der Waals surface area contributed by atoms with Gasteiger partial charge < -0.3 is 18.9 Å². The molecule has 0 bridgehead atoms. The van der Waals surface area contributed by atoms with Crippen molar-refractivity contribution in [2.24, 2.45) is 5.10 Å². The van der Waals surface area contributed by atoms with Crippen LogP contribution in [0.1, 0.15) is 5.56 Å². The molecular formula is C22H20Br2N2O5. The van der Waals surface area contributed by atoms with Crippen molar-refractivity contribution < 1.29 is 23.7 Å². The lowest BCUT2D eigenvalue weighted by Gasteiger charge is -2.12. The monoisotopic (exact) mass is 550 g/mol. The molecule has 0 spiro atoms. The molecule has 0 aliphatic carbocycles. The van der Waals surface area contributed by atoms with E-state index in [9.17, 15) is 4.79 Å². The number of ether oxygens (including phenoxy) is 4. The summed E-state index contributed by atoms with van der Waals surface area (Å²) < 4.78 is 23.3. The third kappa shape index (κ3) is 5.48. The predicted molar refractivity (Wildman–Crippen MR) is 127 cm³/mol. The molecule has 7 nitrogen and oxygen atoms in total. The van der Waals surface area contributed by atoms with E-state index in [-0.39, 0.29) is 6.61 Å². The summed E-state index contributed by atoms with van der Waals surface area (Å²) in [6, 6.07) is 13.1. The van der Waals surface area contributed by atoms with Crippen LogP contribution in [0.3, 0.4) is 0 Å². The van der Waals surface area contributed by atoms with Crippen LogP contribution in [0.2, 0.25) is 0 Å². The second-order valence-corrected chi connectivity index (χ2v) is 7.99. The Hall–Kier alpha value is -2.78. The molecule has 0 saturated carbocycles. The van der Waals surface area contributed by atoms with E-state index in [1.807, 2.05) is 30.3 Å². The predicted octanol–water partition coefficient (Wildman–Crippen LogP) is 4.92. The molecule has 3 aromatic carbocycles. The Morgan fingerprint density at radius 1 is 0.968 bits per heavy atom. The summed E-state index contributed by atoms with van der Waals surface area (Å²) in [4.78, 5) is 12.1. The number of carbonyl (C=O) groups is 1. The highest BCUT2D eigenvalue weighted by atomic mass is 79.9. The van der Waals surface area contributed by atoms with Crippen molar-refractivity contribution in [2.75, 3.05) is 27.9 Å². The van der Waals surface area contributed by atoms with Gasteiger partial charge in [0.15, 0.2) is 18.1 Å². The van der Waals surface area contributed by atoms with E-state index in [4.69, 9.17) is 18.9 Å². The number of hydrogen-bond acceptors (Lipinski definition) is 6. The van der Waals surface area contributed by atoms with Crippen molar-refractivity contribution in [2.45, 2.75) is 0 Å². The normalized spacial score (nSPS) is 10.9. The van der Waals surface area contributed by atoms with Crippen LogP contribution in [0.15, 0.2) is 56.5 Å². The van der Waals surface area contributed by atoms with E-state index in [0.717, 1.165) is 19.7 Å². The van der Waals surface area contributed by atoms with Gasteiger partial charge in [0, 0.05) is 10.0 Å². The molecule has 3 rings (SSSR count). The van der Waals surface area contributed by atoms with Crippen molar-refractivity contribution >= 4 is 54.8 Å². The molecule has 162 valence electrons. The lowest BCUT2D eigenvalue weighted by atomic mass is 10.1. The molecule has 3 aromatic rings. The minimum atomic E-state index is -0.397. The van der Waals surface area contributed by atoms with E-state index >= 15 is 0 Å². The van der Waals surface area contributed by atoms with Crippen LogP contribution in [-0.4, -0.2) is 40.1 Å². The average Bonchev–Trinajstić information content (AvgIpc) is 2.77. The van der Waals surface area contributed by atoms with Crippen molar-refractivity contribution in [1.82, 2.24) is 5.43 Å². The number of benzene rings is 3. The minimum Gasteiger partial charge on any atom is -0.493 e. The lowest BCUT2D eigenvalue weighted by Crippen LogP contribution is -2.24. The maximum atomic E-state index is 12.1. The molecule has 0 aliphatic heterocycles. The summed E-state index contributed by atoms with van der Waals surface area (Å²) in [6.07, 6.45) is 1.48. The zero-order chi connectivity index (χ0) is 22.4. The van der Waals surface area contributed by atoms with Gasteiger partial charge in [-0.15, -0.1) is 0 Å². The summed E-state index contributed by atoms with van der Waals surface area (Å²) in [7, 11) is 4.59. The first kappa shape index (κ1) is 22.9. The molecule has 9 heteroatoms. The first-order chi connectivity index (χ1) is 15.0. The van der Waals surface area contributed by atoms with Crippen LogP contribution in [0.5, 0.6) is 23.0 Å². The number of nitrogens with one attached hydrogen (secondary N) is 1. The second-order valence-electron chi connectivity index (χ2n) is 6.28. The summed E-state index contributed by atoms with van der Waals surface area (Å²) in [5.74, 6) is 1.63. The number of amides is 1. The van der Waals surface area contributed by atoms with E-state index < -0.39 is 5.91 Å². The summed E-state index contributed by atoms with van der Waals surface area (Å²) in [6.45, 7) is -0.187. The fraction of sp³-hybridized carbons (Fsp3) is 0.182. The minimum absolute atomic E-state index is 0.187. The van der Waals surface area contributed by atoms with Crippen LogP contribution in [0.25, 0.3) is 10.8 Å². The Bertz CT molecular complexity index is 1110. The van der Waals surface area contributed by atoms with Gasteiger partial charge in [-0.05, 0) is 57.0 Å². The number of carbonyl (C=O) groups excluding carboxylic acids is 1. The van der Waals surface area contributed by atoms with Crippen molar-refractivity contribution in [3.05, 3.63) is 57.0 Å². The summed E-state index contributed by atoms with van der Waals surface area (Å²) >= 11 is 7.00. The van der Waals surface area contributed by atoms with Crippen molar-refractivity contribution in [1.29, 1.82) is 0 Å². The molecule has 0 radical (unpaired) electrons. The topological polar surface area (TPSA) is 78.4 Å². The molecule has 0 aliphatic rings. The lowest BCUT2D eigenvalue weighted by molar-refractivity contribution is -0.123. The van der Waals surface area contributed by atoms with E-state index in [0.29, 0.717) is 28.6 Å². The molecule has 1 amide bonds. The highest BCUT2D eigenvalue weighted by molar-refractivity contribution is 9.11. The van der Waals surface area contributed by atoms with E-state index in [2.05, 4.69) is 42.4 Å². The van der Waals surface area contributed by atoms with Gasteiger partial charge in [-0.3, -0.25) is 4.79 Å². The number of hydrazone groups is 1. The Balaban J connectivity index is 1.63. The molecule has 1 N–H and O–H groups in total. The second kappa shape index (κ2) is 10.5. The first-order valence-corrected chi connectivity index (χ1v) is 10.7. The Kier molecular flexibility index (Phi) is 7.75. The zero-order valence-corrected chi connectivity index (χ0v) is 20.2. The molecule has 0 aromatic heterocycles. The van der Waals surface area contributed by atoms with Gasteiger partial charge >= 0.3 is 0 Å². The highest BCUT2D eigenvalue weighted by Crippen LogP contribution is 2.38. The van der Waals surface area contributed by atoms with Gasteiger partial charge in [-0.1, -0.05) is 28.1 Å². The van der Waals surface area contributed by atoms with Crippen LogP contribution in [0, 0.1) is 0 Å². The summed E-state index contributed by atoms with van der Waals surface area (Å²) in [5, 5.41) is 6.01. The Morgan fingerprint density at radius 3 is 2.32 bits per heavy atom. The SMILES string of the molecule is COc1cc(/C=N/NC(=O)COc2ccc3cc(Br)ccc3c2Br)cc(OC)c1OC. The smallest absolute Gasteiger partial charge is 0.277 e. The molecular weight excluding hydrogens is 532 g/mol. The molecule has 0 atom stereocenters. The third-order valence-electron chi connectivity index (χ3n) is 4.33. The van der Waals surface area contributed by atoms with Crippen LogP contribution in [0.4, 0.5) is 0 Å². The van der Waals surface area contributed by atoms with Crippen molar-refractivity contribution in [3.63, 3.8) is 0 Å². The van der Waals surface area contributed by atoms with Crippen LogP contribution < -0.4 is 24.4 Å². The van der Waals surface area contributed by atoms with Gasteiger partial charge in [-0.25, -0.2) is 5.43 Å². The van der Waals surface area contributed by atoms with Gasteiger partial charge in [-0.2, -0.15) is 5.10 Å². The van der Waals surface area contributed by atoms with Crippen LogP contribution >= 0.6 is 31.9 Å². The van der Waals surface area contributed by atoms with E-state index in [1.165, 1.54) is 27.5 Å². The number of methoxy groups -OCH3 is 3. The zero-order valence-electron chi connectivity index (χ0n) is 17.1. The van der Waals surface area contributed by atoms with Gasteiger partial charge in [0.1, 0.15) is 5.75 Å². The fourth-order valence-corrected chi connectivity index (χ4v) is 3.87. The number of halogens is 2. The Labute approximate surface area is 196 Å². The number of fused-ring (bicyclic) bond motifs is 1. The molecule has 0 heterocycles. The van der Waals surface area contributed by atoms with Gasteiger partial charge in [0.2, 0.25) is 5.75 Å². The highest BCUT2D eigenvalue weighted by Gasteiger charge is 2.13. The molecule has 0 unspecified atom stereocenters. The molecule has 0 fully saturated rings. The van der Waals surface area contributed by atoms with Crippen molar-refractivity contribution in [3.8, 4) is 23.0 Å². The first-order valence-electron chi connectivity index (χ1n) is 9.09. The number of hydrogen-bond donors (Lipinski definition) is 1. The average molecular weight is 552 g/mol. The quantitative estimate of drug-likeness (QED) is 0.317. The number of rotatable bonds is 8. The molecule has 0 saturated heterocycles. The maximum Gasteiger partial charge on any atom is 0.277 e. The fourth-order valence-electron chi connectivity index (χ4n) is 2.88. The molecule has 31 heavy (non-hydrogen) atoms. The van der Waals surface area contributed by atoms with Gasteiger partial charge in [0.05, 0.1) is 32.0 Å². The largest absolute Gasteiger partial charge is 0.493 e. The summed E-state index contributed by atoms with van der Waals surface area (Å²) in [5.41, 5.74) is 3.11. The maximum absolute atomic E-state index is 12.1. The van der Waals surface area contributed by atoms with Gasteiger partial charge in [0.25, 0.3) is 5.91 Å². The van der Waals surface area contributed by atoms with E-state index in [1.54, 1.807) is 12.1 Å². The Morgan fingerprint density at radius 2 is 1.68 bits per heavy atom. The van der Waals surface area contributed by atoms with Crippen LogP contribution in [-0.2, 0) is 4.79 Å². The number of nitrogens with zero attached hydrogens (tertiary/aromatic N) is 1.